The zero-order chi connectivity index (χ0) is 26.3. The first-order chi connectivity index (χ1) is 16.0. The van der Waals surface area contributed by atoms with Gasteiger partial charge in [-0.25, -0.2) is 0 Å². The maximum Gasteiger partial charge on any atom is 0.303 e. The molecule has 0 unspecified atom stereocenters. The Balaban J connectivity index is 5.45. The van der Waals surface area contributed by atoms with E-state index in [2.05, 4.69) is 27.0 Å². The van der Waals surface area contributed by atoms with Crippen LogP contribution in [0.4, 0.5) is 0 Å². The fourth-order valence-corrected chi connectivity index (χ4v) is 3.23. The Hall–Kier alpha value is -2.73. The first-order valence-electron chi connectivity index (χ1n) is 11.8. The zero-order valence-corrected chi connectivity index (χ0v) is 20.7. The summed E-state index contributed by atoms with van der Waals surface area (Å²) in [4.78, 5) is 60.6. The normalized spacial score (nSPS) is 15.2. The average molecular weight is 489 g/mol. The smallest absolute Gasteiger partial charge is 0.303 e. The summed E-state index contributed by atoms with van der Waals surface area (Å²) in [5.74, 6) is -3.68. The lowest BCUT2D eigenvalue weighted by molar-refractivity contribution is -0.368. The summed E-state index contributed by atoms with van der Waals surface area (Å²) in [5, 5.41) is 28.9. The van der Waals surface area contributed by atoms with Gasteiger partial charge in [-0.1, -0.05) is 20.3 Å². The van der Waals surface area contributed by atoms with Gasteiger partial charge in [0.1, 0.15) is 18.1 Å². The number of hydrogen-bond donors (Lipinski definition) is 7. The Morgan fingerprint density at radius 1 is 0.882 bits per heavy atom. The van der Waals surface area contributed by atoms with Crippen molar-refractivity contribution >= 4 is 29.6 Å². The molecule has 0 aromatic carbocycles. The van der Waals surface area contributed by atoms with Crippen molar-refractivity contribution in [2.75, 3.05) is 13.2 Å². The van der Waals surface area contributed by atoms with Gasteiger partial charge in [-0.2, -0.15) is 0 Å². The van der Waals surface area contributed by atoms with E-state index in [4.69, 9.17) is 5.11 Å². The number of unbranched alkanes of at least 4 members (excludes halogenated alkanes) is 1. The first-order valence-corrected chi connectivity index (χ1v) is 11.8. The standard InChI is InChI=1S/C22H41N5O7/c1-5-13(2)19(22(34)25-16(12-28)8-6-7-11-23)27-21(33)17(9-10-18(30)31)26-20(32)14(3)24-15(4)29/h13-14,16-17,19,28H,5-12,23H2,1-4H3,(H,24,29)(H,25,34)(H,26,32)(H,27,33)(H,30,31)/p+1/t13-,14-,16-,17-,19-/m0/s1. The Kier molecular flexibility index (Phi) is 15.5. The topological polar surface area (TPSA) is 202 Å². The summed E-state index contributed by atoms with van der Waals surface area (Å²) in [5.41, 5.74) is 3.77. The van der Waals surface area contributed by atoms with Gasteiger partial charge in [0.15, 0.2) is 0 Å². The number of aliphatic carboxylic acids is 1. The summed E-state index contributed by atoms with van der Waals surface area (Å²) < 4.78 is 0. The van der Waals surface area contributed by atoms with Gasteiger partial charge < -0.3 is 37.2 Å². The summed E-state index contributed by atoms with van der Waals surface area (Å²) in [6, 6.07) is -3.57. The number of hydrogen-bond acceptors (Lipinski definition) is 6. The number of carbonyl (C=O) groups is 5. The molecule has 0 bridgehead atoms. The third-order valence-electron chi connectivity index (χ3n) is 5.51. The van der Waals surface area contributed by atoms with E-state index in [1.807, 2.05) is 6.92 Å². The number of aliphatic hydroxyl groups is 1. The molecule has 0 aromatic heterocycles. The molecule has 9 N–H and O–H groups in total. The molecule has 0 heterocycles. The molecule has 0 saturated carbocycles. The molecule has 0 aliphatic heterocycles. The Bertz CT molecular complexity index is 689. The third kappa shape index (κ3) is 12.5. The first kappa shape index (κ1) is 31.3. The summed E-state index contributed by atoms with van der Waals surface area (Å²) in [7, 11) is 0. The molecule has 0 rings (SSSR count). The highest BCUT2D eigenvalue weighted by Crippen LogP contribution is 2.11. The van der Waals surface area contributed by atoms with E-state index in [1.54, 1.807) is 6.92 Å². The van der Waals surface area contributed by atoms with Crippen LogP contribution in [-0.2, 0) is 24.0 Å². The zero-order valence-electron chi connectivity index (χ0n) is 20.7. The Morgan fingerprint density at radius 3 is 2.03 bits per heavy atom. The molecule has 0 saturated heterocycles. The van der Waals surface area contributed by atoms with E-state index in [1.165, 1.54) is 13.8 Å². The molecule has 12 nitrogen and oxygen atoms in total. The van der Waals surface area contributed by atoms with Crippen LogP contribution in [0.3, 0.4) is 0 Å². The largest absolute Gasteiger partial charge is 0.481 e. The molecule has 0 fully saturated rings. The van der Waals surface area contributed by atoms with Gasteiger partial charge in [-0.3, -0.25) is 24.0 Å². The fraction of sp³-hybridized carbons (Fsp3) is 0.773. The minimum absolute atomic E-state index is 0.196. The molecule has 4 amide bonds. The maximum absolute atomic E-state index is 13.0. The number of amides is 4. The van der Waals surface area contributed by atoms with Gasteiger partial charge in [-0.05, 0) is 38.5 Å². The molecule has 0 aliphatic carbocycles. The van der Waals surface area contributed by atoms with Crippen molar-refractivity contribution in [2.24, 2.45) is 5.92 Å². The quantitative estimate of drug-likeness (QED) is 0.118. The minimum Gasteiger partial charge on any atom is -0.481 e. The molecule has 0 spiro atoms. The van der Waals surface area contributed by atoms with Crippen LogP contribution in [0.1, 0.15) is 66.2 Å². The van der Waals surface area contributed by atoms with Crippen LogP contribution in [0.2, 0.25) is 0 Å². The lowest BCUT2D eigenvalue weighted by atomic mass is 9.96. The van der Waals surface area contributed by atoms with Crippen LogP contribution in [0, 0.1) is 5.92 Å². The highest BCUT2D eigenvalue weighted by Gasteiger charge is 2.31. The van der Waals surface area contributed by atoms with E-state index in [-0.39, 0.29) is 25.4 Å². The van der Waals surface area contributed by atoms with E-state index in [0.29, 0.717) is 12.8 Å². The van der Waals surface area contributed by atoms with E-state index < -0.39 is 53.8 Å². The minimum atomic E-state index is -1.22. The summed E-state index contributed by atoms with van der Waals surface area (Å²) >= 11 is 0. The number of quaternary nitrogens is 1. The predicted octanol–water partition coefficient (Wildman–Crippen LogP) is -1.72. The molecule has 34 heavy (non-hydrogen) atoms. The molecule has 0 radical (unpaired) electrons. The SMILES string of the molecule is CC[C@H](C)[C@H](NC(=O)[C@H](CCC(=O)O)NC(=O)[C@H](C)NC(C)=O)C(=O)N[C@H](CO)CCCC[NH3+]. The van der Waals surface area contributed by atoms with Crippen LogP contribution in [0.25, 0.3) is 0 Å². The summed E-state index contributed by atoms with van der Waals surface area (Å²) in [6.45, 7) is 6.82. The van der Waals surface area contributed by atoms with Crippen molar-refractivity contribution in [3.8, 4) is 0 Å². The average Bonchev–Trinajstić information content (AvgIpc) is 2.77. The van der Waals surface area contributed by atoms with Gasteiger partial charge in [0, 0.05) is 13.3 Å². The lowest BCUT2D eigenvalue weighted by Gasteiger charge is -2.28. The highest BCUT2D eigenvalue weighted by molar-refractivity contribution is 5.94. The second kappa shape index (κ2) is 16.8. The fourth-order valence-electron chi connectivity index (χ4n) is 3.23. The second-order valence-electron chi connectivity index (χ2n) is 8.53. The van der Waals surface area contributed by atoms with Gasteiger partial charge in [0.05, 0.1) is 19.2 Å². The highest BCUT2D eigenvalue weighted by atomic mass is 16.4. The number of carbonyl (C=O) groups excluding carboxylic acids is 4. The monoisotopic (exact) mass is 488 g/mol. The van der Waals surface area contributed by atoms with Crippen molar-refractivity contribution in [3.05, 3.63) is 0 Å². The van der Waals surface area contributed by atoms with Gasteiger partial charge in [0.2, 0.25) is 23.6 Å². The molecule has 0 aromatic rings. The lowest BCUT2D eigenvalue weighted by Crippen LogP contribution is -2.58. The van der Waals surface area contributed by atoms with E-state index in [0.717, 1.165) is 19.4 Å². The molecule has 12 heteroatoms. The predicted molar refractivity (Wildman–Crippen MR) is 124 cm³/mol. The molecule has 196 valence electrons. The van der Waals surface area contributed by atoms with Crippen LogP contribution in [0.5, 0.6) is 0 Å². The summed E-state index contributed by atoms with van der Waals surface area (Å²) in [6.07, 6.45) is 2.20. The van der Waals surface area contributed by atoms with Gasteiger partial charge >= 0.3 is 5.97 Å². The number of aliphatic hydroxyl groups excluding tert-OH is 1. The molecule has 5 atom stereocenters. The molecule has 0 aliphatic rings. The van der Waals surface area contributed by atoms with Crippen LogP contribution in [-0.4, -0.2) is 77.1 Å². The Labute approximate surface area is 200 Å². The van der Waals surface area contributed by atoms with Crippen LogP contribution < -0.4 is 27.0 Å². The Morgan fingerprint density at radius 2 is 1.53 bits per heavy atom. The number of nitrogens with one attached hydrogen (secondary N) is 4. The van der Waals surface area contributed by atoms with Crippen molar-refractivity contribution in [2.45, 2.75) is 90.4 Å². The van der Waals surface area contributed by atoms with Crippen LogP contribution >= 0.6 is 0 Å². The number of rotatable bonds is 17. The van der Waals surface area contributed by atoms with Crippen molar-refractivity contribution in [1.29, 1.82) is 0 Å². The third-order valence-corrected chi connectivity index (χ3v) is 5.51. The van der Waals surface area contributed by atoms with Crippen LogP contribution in [0.15, 0.2) is 0 Å². The number of carboxylic acids is 1. The van der Waals surface area contributed by atoms with E-state index in [9.17, 15) is 29.1 Å². The molecular formula is C22H42N5O7+. The van der Waals surface area contributed by atoms with Gasteiger partial charge in [0.25, 0.3) is 0 Å². The van der Waals surface area contributed by atoms with Gasteiger partial charge in [-0.15, -0.1) is 0 Å². The maximum atomic E-state index is 13.0. The molecular weight excluding hydrogens is 446 g/mol. The second-order valence-corrected chi connectivity index (χ2v) is 8.53. The van der Waals surface area contributed by atoms with Crippen molar-refractivity contribution < 1.29 is 39.9 Å². The number of carboxylic acid groups (broad SMARTS) is 1. The van der Waals surface area contributed by atoms with E-state index >= 15 is 0 Å². The van der Waals surface area contributed by atoms with Crippen molar-refractivity contribution in [3.63, 3.8) is 0 Å². The van der Waals surface area contributed by atoms with Crippen molar-refractivity contribution in [1.82, 2.24) is 21.3 Å².